The molecule has 3 nitrogen and oxygen atoms in total. The third-order valence-corrected chi connectivity index (χ3v) is 4.38. The molecule has 0 aliphatic carbocycles. The molecule has 1 N–H and O–H groups in total. The Hall–Kier alpha value is -2.85. The molecule has 0 heterocycles. The molecule has 3 aromatic carbocycles. The predicted molar refractivity (Wildman–Crippen MR) is 105 cm³/mol. The quantitative estimate of drug-likeness (QED) is 0.606. The van der Waals surface area contributed by atoms with Crippen molar-refractivity contribution < 1.29 is 13.9 Å². The van der Waals surface area contributed by atoms with Gasteiger partial charge >= 0.3 is 0 Å². The Labute approximate surface area is 162 Å². The molecule has 0 saturated heterocycles. The van der Waals surface area contributed by atoms with Gasteiger partial charge in [-0.15, -0.1) is 0 Å². The molecule has 3 rings (SSSR count). The van der Waals surface area contributed by atoms with Crippen molar-refractivity contribution in [1.82, 2.24) is 5.32 Å². The second kappa shape index (κ2) is 8.69. The summed E-state index contributed by atoms with van der Waals surface area (Å²) < 4.78 is 18.9. The maximum Gasteiger partial charge on any atom is 0.255 e. The van der Waals surface area contributed by atoms with Crippen molar-refractivity contribution in [3.63, 3.8) is 0 Å². The maximum atomic E-state index is 13.1. The highest BCUT2D eigenvalue weighted by molar-refractivity contribution is 6.31. The van der Waals surface area contributed by atoms with Crippen LogP contribution in [0.25, 0.3) is 0 Å². The topological polar surface area (TPSA) is 38.3 Å². The number of amides is 1. The molecule has 3 aromatic rings. The summed E-state index contributed by atoms with van der Waals surface area (Å²) in [5, 5.41) is 3.34. The van der Waals surface area contributed by atoms with Gasteiger partial charge in [-0.3, -0.25) is 4.79 Å². The molecule has 27 heavy (non-hydrogen) atoms. The van der Waals surface area contributed by atoms with Gasteiger partial charge in [0.25, 0.3) is 5.91 Å². The molecule has 0 spiro atoms. The van der Waals surface area contributed by atoms with E-state index in [1.165, 1.54) is 12.1 Å². The fourth-order valence-electron chi connectivity index (χ4n) is 2.65. The highest BCUT2D eigenvalue weighted by Crippen LogP contribution is 2.25. The van der Waals surface area contributed by atoms with E-state index in [4.69, 9.17) is 16.3 Å². The number of benzene rings is 3. The number of hydrogen-bond acceptors (Lipinski definition) is 2. The van der Waals surface area contributed by atoms with E-state index in [2.05, 4.69) is 5.32 Å². The monoisotopic (exact) mass is 383 g/mol. The van der Waals surface area contributed by atoms with Crippen molar-refractivity contribution in [3.8, 4) is 5.75 Å². The molecule has 5 heteroatoms. The number of rotatable bonds is 6. The fraction of sp³-hybridized carbons (Fsp3) is 0.136. The lowest BCUT2D eigenvalue weighted by Gasteiger charge is -2.17. The van der Waals surface area contributed by atoms with Gasteiger partial charge in [0.05, 0.1) is 11.6 Å². The number of ether oxygens (including phenoxy) is 1. The Morgan fingerprint density at radius 3 is 2.48 bits per heavy atom. The summed E-state index contributed by atoms with van der Waals surface area (Å²) in [6.45, 7) is 2.18. The van der Waals surface area contributed by atoms with E-state index < -0.39 is 0 Å². The SMILES string of the molecule is C[C@H](NC(=O)c1cc(Cl)ccc1OCc1ccccc1)c1ccc(F)cc1. The van der Waals surface area contributed by atoms with Crippen molar-refractivity contribution in [3.05, 3.63) is 100 Å². The number of carbonyl (C=O) groups excluding carboxylic acids is 1. The van der Waals surface area contributed by atoms with Gasteiger partial charge in [0.15, 0.2) is 0 Å². The normalized spacial score (nSPS) is 11.7. The molecule has 0 aliphatic heterocycles. The van der Waals surface area contributed by atoms with Gasteiger partial charge in [0, 0.05) is 5.02 Å². The summed E-state index contributed by atoms with van der Waals surface area (Å²) >= 11 is 6.07. The summed E-state index contributed by atoms with van der Waals surface area (Å²) in [4.78, 5) is 12.8. The molecule has 0 aromatic heterocycles. The van der Waals surface area contributed by atoms with Crippen molar-refractivity contribution in [2.75, 3.05) is 0 Å². The van der Waals surface area contributed by atoms with Gasteiger partial charge in [0.2, 0.25) is 0 Å². The van der Waals surface area contributed by atoms with E-state index in [1.54, 1.807) is 30.3 Å². The minimum atomic E-state index is -0.316. The van der Waals surface area contributed by atoms with Crippen LogP contribution in [0.5, 0.6) is 5.75 Å². The van der Waals surface area contributed by atoms with E-state index >= 15 is 0 Å². The summed E-state index contributed by atoms with van der Waals surface area (Å²) in [5.41, 5.74) is 2.16. The Bertz CT molecular complexity index is 913. The zero-order chi connectivity index (χ0) is 19.2. The number of carbonyl (C=O) groups is 1. The predicted octanol–water partition coefficient (Wildman–Crippen LogP) is 5.55. The zero-order valence-corrected chi connectivity index (χ0v) is 15.5. The molecule has 0 saturated carbocycles. The van der Waals surface area contributed by atoms with Crippen molar-refractivity contribution in [2.24, 2.45) is 0 Å². The Morgan fingerprint density at radius 2 is 1.78 bits per heavy atom. The van der Waals surface area contributed by atoms with Gasteiger partial charge in [-0.25, -0.2) is 4.39 Å². The number of hydrogen-bond donors (Lipinski definition) is 1. The first-order valence-corrected chi connectivity index (χ1v) is 8.93. The second-order valence-electron chi connectivity index (χ2n) is 6.16. The highest BCUT2D eigenvalue weighted by atomic mass is 35.5. The first-order valence-electron chi connectivity index (χ1n) is 8.55. The standard InChI is InChI=1S/C22H19ClFNO2/c1-15(17-7-10-19(24)11-8-17)25-22(26)20-13-18(23)9-12-21(20)27-14-16-5-3-2-4-6-16/h2-13,15H,14H2,1H3,(H,25,26)/t15-/m0/s1. The van der Waals surface area contributed by atoms with Crippen LogP contribution in [0, 0.1) is 5.82 Å². The lowest BCUT2D eigenvalue weighted by Crippen LogP contribution is -2.27. The molecule has 0 unspecified atom stereocenters. The minimum Gasteiger partial charge on any atom is -0.488 e. The van der Waals surface area contributed by atoms with Crippen LogP contribution in [0.3, 0.4) is 0 Å². The zero-order valence-electron chi connectivity index (χ0n) is 14.8. The molecule has 0 radical (unpaired) electrons. The fourth-order valence-corrected chi connectivity index (χ4v) is 2.82. The molecule has 1 amide bonds. The molecule has 138 valence electrons. The summed E-state index contributed by atoms with van der Waals surface area (Å²) in [6.07, 6.45) is 0. The van der Waals surface area contributed by atoms with Crippen LogP contribution in [0.4, 0.5) is 4.39 Å². The van der Waals surface area contributed by atoms with Crippen LogP contribution in [0.15, 0.2) is 72.8 Å². The Balaban J connectivity index is 1.75. The molecule has 0 aliphatic rings. The summed E-state index contributed by atoms with van der Waals surface area (Å²) in [6, 6.07) is 20.4. The van der Waals surface area contributed by atoms with E-state index in [1.807, 2.05) is 37.3 Å². The van der Waals surface area contributed by atoms with E-state index in [0.29, 0.717) is 22.9 Å². The van der Waals surface area contributed by atoms with Gasteiger partial charge in [-0.2, -0.15) is 0 Å². The average Bonchev–Trinajstić information content (AvgIpc) is 2.68. The average molecular weight is 384 g/mol. The molecular formula is C22H19ClFNO2. The van der Waals surface area contributed by atoms with Crippen LogP contribution in [-0.2, 0) is 6.61 Å². The lowest BCUT2D eigenvalue weighted by atomic mass is 10.1. The largest absolute Gasteiger partial charge is 0.488 e. The van der Waals surface area contributed by atoms with Crippen LogP contribution < -0.4 is 10.1 Å². The molecular weight excluding hydrogens is 365 g/mol. The maximum absolute atomic E-state index is 13.1. The minimum absolute atomic E-state index is 0.293. The van der Waals surface area contributed by atoms with Gasteiger partial charge in [-0.1, -0.05) is 54.1 Å². The van der Waals surface area contributed by atoms with Crippen molar-refractivity contribution in [2.45, 2.75) is 19.6 Å². The molecule has 0 fully saturated rings. The Morgan fingerprint density at radius 1 is 1.07 bits per heavy atom. The first-order chi connectivity index (χ1) is 13.0. The molecule has 0 bridgehead atoms. The van der Waals surface area contributed by atoms with Gasteiger partial charge in [0.1, 0.15) is 18.2 Å². The van der Waals surface area contributed by atoms with Crippen molar-refractivity contribution in [1.29, 1.82) is 0 Å². The number of halogens is 2. The summed E-state index contributed by atoms with van der Waals surface area (Å²) in [5.74, 6) is -0.173. The third-order valence-electron chi connectivity index (χ3n) is 4.14. The van der Waals surface area contributed by atoms with E-state index in [0.717, 1.165) is 11.1 Å². The van der Waals surface area contributed by atoms with Crippen LogP contribution in [-0.4, -0.2) is 5.91 Å². The van der Waals surface area contributed by atoms with Crippen LogP contribution in [0.2, 0.25) is 5.02 Å². The summed E-state index contributed by atoms with van der Waals surface area (Å²) in [7, 11) is 0. The van der Waals surface area contributed by atoms with E-state index in [-0.39, 0.29) is 17.8 Å². The smallest absolute Gasteiger partial charge is 0.255 e. The van der Waals surface area contributed by atoms with Crippen LogP contribution in [0.1, 0.15) is 34.5 Å². The lowest BCUT2D eigenvalue weighted by molar-refractivity contribution is 0.0935. The Kier molecular flexibility index (Phi) is 6.09. The second-order valence-corrected chi connectivity index (χ2v) is 6.60. The van der Waals surface area contributed by atoms with Crippen LogP contribution >= 0.6 is 11.6 Å². The highest BCUT2D eigenvalue weighted by Gasteiger charge is 2.17. The van der Waals surface area contributed by atoms with Gasteiger partial charge < -0.3 is 10.1 Å². The van der Waals surface area contributed by atoms with E-state index in [9.17, 15) is 9.18 Å². The van der Waals surface area contributed by atoms with Gasteiger partial charge in [-0.05, 0) is 48.4 Å². The first kappa shape index (κ1) is 18.9. The van der Waals surface area contributed by atoms with Crippen molar-refractivity contribution >= 4 is 17.5 Å². The number of nitrogens with one attached hydrogen (secondary N) is 1. The third kappa shape index (κ3) is 5.08. The molecule has 1 atom stereocenters.